The highest BCUT2D eigenvalue weighted by Gasteiger charge is 2.17. The number of rotatable bonds is 2. The van der Waals surface area contributed by atoms with E-state index < -0.39 is 6.10 Å². The second-order valence-electron chi connectivity index (χ2n) is 4.60. The van der Waals surface area contributed by atoms with E-state index in [2.05, 4.69) is 0 Å². The van der Waals surface area contributed by atoms with Gasteiger partial charge in [0.2, 0.25) is 0 Å². The predicted molar refractivity (Wildman–Crippen MR) is 79.6 cm³/mol. The lowest BCUT2D eigenvalue weighted by molar-refractivity contribution is 0.224. The molecule has 19 heavy (non-hydrogen) atoms. The molecule has 4 heteroatoms. The van der Waals surface area contributed by atoms with E-state index in [0.717, 1.165) is 25.4 Å². The Labute approximate surface area is 119 Å². The summed E-state index contributed by atoms with van der Waals surface area (Å²) in [6.07, 6.45) is -0.620. The normalized spacial score (nSPS) is 13.1. The van der Waals surface area contributed by atoms with Crippen LogP contribution in [0.1, 0.15) is 26.3 Å². The summed E-state index contributed by atoms with van der Waals surface area (Å²) >= 11 is 3.13. The summed E-state index contributed by atoms with van der Waals surface area (Å²) in [7, 11) is 0. The smallest absolute Gasteiger partial charge is 0.124 e. The van der Waals surface area contributed by atoms with Crippen LogP contribution < -0.4 is 0 Å². The number of halogens is 1. The quantitative estimate of drug-likeness (QED) is 0.719. The highest BCUT2D eigenvalue weighted by Crippen LogP contribution is 2.36. The summed E-state index contributed by atoms with van der Waals surface area (Å²) in [5, 5.41) is 11.5. The van der Waals surface area contributed by atoms with Crippen LogP contribution in [-0.2, 0) is 0 Å². The van der Waals surface area contributed by atoms with Crippen molar-refractivity contribution in [3.8, 4) is 0 Å². The van der Waals surface area contributed by atoms with E-state index in [4.69, 9.17) is 0 Å². The Balaban J connectivity index is 2.06. The third-order valence-corrected chi connectivity index (χ3v) is 5.28. The van der Waals surface area contributed by atoms with Crippen LogP contribution in [0.5, 0.6) is 0 Å². The number of fused-ring (bicyclic) bond motifs is 1. The third kappa shape index (κ3) is 2.31. The van der Waals surface area contributed by atoms with Gasteiger partial charge in [-0.2, -0.15) is 0 Å². The van der Waals surface area contributed by atoms with Crippen molar-refractivity contribution in [2.75, 3.05) is 0 Å². The minimum Gasteiger partial charge on any atom is -0.383 e. The van der Waals surface area contributed by atoms with Crippen LogP contribution in [-0.4, -0.2) is 5.11 Å². The largest absolute Gasteiger partial charge is 0.383 e. The Morgan fingerprint density at radius 3 is 2.58 bits per heavy atom. The molecule has 3 rings (SSSR count). The number of aliphatic hydroxyl groups is 1. The third-order valence-electron chi connectivity index (χ3n) is 3.14. The first-order valence-electron chi connectivity index (χ1n) is 5.98. The van der Waals surface area contributed by atoms with E-state index in [1.807, 2.05) is 26.0 Å². The standard InChI is InChI=1S/C15H13FOS2/c1-8-5-12(9(2)18-8)15(17)14-6-10-3-4-11(16)7-13(10)19-14/h3-7,15,17H,1-2H3. The van der Waals surface area contributed by atoms with Crippen molar-refractivity contribution in [2.24, 2.45) is 0 Å². The number of thiophene rings is 2. The molecule has 1 N–H and O–H groups in total. The highest BCUT2D eigenvalue weighted by molar-refractivity contribution is 7.19. The molecule has 1 unspecified atom stereocenters. The number of aliphatic hydroxyl groups excluding tert-OH is 1. The van der Waals surface area contributed by atoms with Crippen molar-refractivity contribution >= 4 is 32.8 Å². The van der Waals surface area contributed by atoms with Crippen LogP contribution in [0.25, 0.3) is 10.1 Å². The zero-order valence-electron chi connectivity index (χ0n) is 10.6. The van der Waals surface area contributed by atoms with E-state index in [9.17, 15) is 9.50 Å². The molecule has 0 aliphatic rings. The van der Waals surface area contributed by atoms with Gasteiger partial charge in [0.1, 0.15) is 11.9 Å². The minimum atomic E-state index is -0.620. The Bertz CT molecular complexity index is 742. The van der Waals surface area contributed by atoms with Crippen molar-refractivity contribution in [3.63, 3.8) is 0 Å². The fourth-order valence-corrected chi connectivity index (χ4v) is 4.29. The Kier molecular flexibility index (Phi) is 3.17. The average Bonchev–Trinajstić information content (AvgIpc) is 2.91. The van der Waals surface area contributed by atoms with Crippen LogP contribution in [0.15, 0.2) is 30.3 Å². The Morgan fingerprint density at radius 1 is 1.11 bits per heavy atom. The molecule has 0 aliphatic heterocycles. The van der Waals surface area contributed by atoms with E-state index >= 15 is 0 Å². The molecule has 0 saturated heterocycles. The first kappa shape index (κ1) is 12.8. The summed E-state index contributed by atoms with van der Waals surface area (Å²) in [6.45, 7) is 4.05. The van der Waals surface area contributed by atoms with Gasteiger partial charge in [0.05, 0.1) is 0 Å². The molecule has 98 valence electrons. The minimum absolute atomic E-state index is 0.238. The van der Waals surface area contributed by atoms with Gasteiger partial charge in [0, 0.05) is 19.3 Å². The topological polar surface area (TPSA) is 20.2 Å². The lowest BCUT2D eigenvalue weighted by Crippen LogP contribution is -1.96. The van der Waals surface area contributed by atoms with Crippen molar-refractivity contribution in [1.82, 2.24) is 0 Å². The SMILES string of the molecule is Cc1cc(C(O)c2cc3ccc(F)cc3s2)c(C)s1. The predicted octanol–water partition coefficient (Wildman–Crippen LogP) is 4.80. The van der Waals surface area contributed by atoms with Gasteiger partial charge in [0.15, 0.2) is 0 Å². The zero-order valence-corrected chi connectivity index (χ0v) is 12.2. The summed E-state index contributed by atoms with van der Waals surface area (Å²) in [6, 6.07) is 8.68. The molecule has 0 amide bonds. The van der Waals surface area contributed by atoms with Crippen LogP contribution >= 0.6 is 22.7 Å². The molecule has 0 saturated carbocycles. The fourth-order valence-electron chi connectivity index (χ4n) is 2.24. The van der Waals surface area contributed by atoms with Gasteiger partial charge < -0.3 is 5.11 Å². The molecule has 1 nitrogen and oxygen atoms in total. The molecule has 1 atom stereocenters. The van der Waals surface area contributed by atoms with Crippen LogP contribution in [0.2, 0.25) is 0 Å². The molecule has 0 radical (unpaired) electrons. The summed E-state index contributed by atoms with van der Waals surface area (Å²) in [5.41, 5.74) is 0.953. The maximum atomic E-state index is 13.2. The van der Waals surface area contributed by atoms with E-state index in [1.54, 1.807) is 17.4 Å². The van der Waals surface area contributed by atoms with Gasteiger partial charge in [-0.1, -0.05) is 6.07 Å². The first-order valence-corrected chi connectivity index (χ1v) is 7.62. The lowest BCUT2D eigenvalue weighted by atomic mass is 10.1. The molecule has 2 aromatic heterocycles. The summed E-state index contributed by atoms with van der Waals surface area (Å²) in [4.78, 5) is 3.19. The molecule has 1 aromatic carbocycles. The molecule has 0 bridgehead atoms. The Hall–Kier alpha value is -1.23. The van der Waals surface area contributed by atoms with Crippen LogP contribution in [0, 0.1) is 19.7 Å². The molecular formula is C15H13FOS2. The van der Waals surface area contributed by atoms with Gasteiger partial charge in [-0.3, -0.25) is 0 Å². The van der Waals surface area contributed by atoms with E-state index in [-0.39, 0.29) is 5.82 Å². The van der Waals surface area contributed by atoms with Gasteiger partial charge in [-0.05, 0) is 49.1 Å². The van der Waals surface area contributed by atoms with E-state index in [1.165, 1.54) is 28.3 Å². The highest BCUT2D eigenvalue weighted by atomic mass is 32.1. The van der Waals surface area contributed by atoms with Crippen molar-refractivity contribution in [3.05, 3.63) is 56.3 Å². The van der Waals surface area contributed by atoms with Crippen molar-refractivity contribution in [1.29, 1.82) is 0 Å². The summed E-state index contributed by atoms with van der Waals surface area (Å²) < 4.78 is 14.1. The fraction of sp³-hybridized carbons (Fsp3) is 0.200. The second kappa shape index (κ2) is 4.71. The molecule has 0 aliphatic carbocycles. The molecule has 0 fully saturated rings. The molecule has 0 spiro atoms. The molecule has 3 aromatic rings. The summed E-state index contributed by atoms with van der Waals surface area (Å²) in [5.74, 6) is -0.238. The molecule has 2 heterocycles. The second-order valence-corrected chi connectivity index (χ2v) is 7.18. The maximum absolute atomic E-state index is 13.2. The average molecular weight is 292 g/mol. The Morgan fingerprint density at radius 2 is 1.89 bits per heavy atom. The first-order chi connectivity index (χ1) is 9.04. The van der Waals surface area contributed by atoms with Crippen LogP contribution in [0.4, 0.5) is 4.39 Å². The van der Waals surface area contributed by atoms with Crippen LogP contribution in [0.3, 0.4) is 0 Å². The van der Waals surface area contributed by atoms with Gasteiger partial charge in [-0.25, -0.2) is 4.39 Å². The lowest BCUT2D eigenvalue weighted by Gasteiger charge is -2.07. The monoisotopic (exact) mass is 292 g/mol. The van der Waals surface area contributed by atoms with Crippen molar-refractivity contribution in [2.45, 2.75) is 20.0 Å². The van der Waals surface area contributed by atoms with Gasteiger partial charge in [-0.15, -0.1) is 22.7 Å². The van der Waals surface area contributed by atoms with E-state index in [0.29, 0.717) is 0 Å². The van der Waals surface area contributed by atoms with Gasteiger partial charge in [0.25, 0.3) is 0 Å². The maximum Gasteiger partial charge on any atom is 0.124 e. The number of hydrogen-bond acceptors (Lipinski definition) is 3. The zero-order chi connectivity index (χ0) is 13.6. The van der Waals surface area contributed by atoms with Crippen molar-refractivity contribution < 1.29 is 9.50 Å². The van der Waals surface area contributed by atoms with Gasteiger partial charge >= 0.3 is 0 Å². The number of hydrogen-bond donors (Lipinski definition) is 1. The number of aryl methyl sites for hydroxylation is 2. The number of benzene rings is 1. The molecular weight excluding hydrogens is 279 g/mol.